The van der Waals surface area contributed by atoms with E-state index in [1.54, 1.807) is 6.07 Å². The minimum absolute atomic E-state index is 0.239. The predicted molar refractivity (Wildman–Crippen MR) is 79.3 cm³/mol. The van der Waals surface area contributed by atoms with E-state index in [-0.39, 0.29) is 11.7 Å². The lowest BCUT2D eigenvalue weighted by atomic mass is 10.0. The second kappa shape index (κ2) is 5.55. The summed E-state index contributed by atoms with van der Waals surface area (Å²) >= 11 is 0. The summed E-state index contributed by atoms with van der Waals surface area (Å²) in [6, 6.07) is 5.58. The molecule has 1 heterocycles. The third kappa shape index (κ3) is 2.86. The quantitative estimate of drug-likeness (QED) is 0.867. The number of aromatic nitrogens is 1. The molecule has 0 aliphatic rings. The highest BCUT2D eigenvalue weighted by molar-refractivity contribution is 5.92. The Bertz CT molecular complexity index is 591. The number of rotatable bonds is 4. The van der Waals surface area contributed by atoms with Crippen LogP contribution in [0.15, 0.2) is 18.2 Å². The molecule has 2 nitrogen and oxygen atoms in total. The molecule has 2 aromatic rings. The Balaban J connectivity index is 2.67. The van der Waals surface area contributed by atoms with Gasteiger partial charge in [0.1, 0.15) is 11.3 Å². The first kappa shape index (κ1) is 13.8. The van der Waals surface area contributed by atoms with Crippen LogP contribution in [0.5, 0.6) is 0 Å². The fourth-order valence-corrected chi connectivity index (χ4v) is 2.14. The summed E-state index contributed by atoms with van der Waals surface area (Å²) in [6.07, 6.45) is 1.04. The summed E-state index contributed by atoms with van der Waals surface area (Å²) in [5, 5.41) is 4.25. The molecule has 0 fully saturated rings. The van der Waals surface area contributed by atoms with Crippen LogP contribution < -0.4 is 5.32 Å². The molecule has 0 unspecified atom stereocenters. The molecule has 0 saturated carbocycles. The molecule has 19 heavy (non-hydrogen) atoms. The highest BCUT2D eigenvalue weighted by atomic mass is 19.1. The molecule has 0 aliphatic carbocycles. The maximum Gasteiger partial charge on any atom is 0.149 e. The van der Waals surface area contributed by atoms with E-state index in [4.69, 9.17) is 0 Å². The van der Waals surface area contributed by atoms with Crippen LogP contribution in [-0.4, -0.2) is 11.5 Å². The second-order valence-electron chi connectivity index (χ2n) is 5.32. The standard InChI is InChI=1S/C16H21FN2/c1-5-6-18-15-9-14(10(2)3)19-16-12(15)7-11(4)8-13(16)17/h7-10H,5-6H2,1-4H3,(H,18,19). The number of benzene rings is 1. The zero-order valence-corrected chi connectivity index (χ0v) is 12.0. The van der Waals surface area contributed by atoms with Crippen molar-refractivity contribution in [2.75, 3.05) is 11.9 Å². The van der Waals surface area contributed by atoms with E-state index in [9.17, 15) is 4.39 Å². The molecular weight excluding hydrogens is 239 g/mol. The first-order valence-electron chi connectivity index (χ1n) is 6.87. The Hall–Kier alpha value is -1.64. The molecule has 1 N–H and O–H groups in total. The van der Waals surface area contributed by atoms with E-state index in [1.165, 1.54) is 0 Å². The Morgan fingerprint density at radius 3 is 2.63 bits per heavy atom. The van der Waals surface area contributed by atoms with Gasteiger partial charge in [-0.05, 0) is 43.0 Å². The SMILES string of the molecule is CCCNc1cc(C(C)C)nc2c(F)cc(C)cc12. The fraction of sp³-hybridized carbons (Fsp3) is 0.438. The van der Waals surface area contributed by atoms with Gasteiger partial charge < -0.3 is 5.32 Å². The largest absolute Gasteiger partial charge is 0.384 e. The van der Waals surface area contributed by atoms with Crippen LogP contribution in [0.25, 0.3) is 10.9 Å². The third-order valence-electron chi connectivity index (χ3n) is 3.19. The van der Waals surface area contributed by atoms with Crippen LogP contribution in [0, 0.1) is 12.7 Å². The van der Waals surface area contributed by atoms with Gasteiger partial charge in [0.25, 0.3) is 0 Å². The second-order valence-corrected chi connectivity index (χ2v) is 5.32. The summed E-state index contributed by atoms with van der Waals surface area (Å²) in [5.74, 6) is 0.0457. The van der Waals surface area contributed by atoms with Crippen molar-refractivity contribution in [3.63, 3.8) is 0 Å². The average molecular weight is 260 g/mol. The molecule has 0 aliphatic heterocycles. The number of nitrogens with zero attached hydrogens (tertiary/aromatic N) is 1. The van der Waals surface area contributed by atoms with Gasteiger partial charge in [-0.2, -0.15) is 0 Å². The van der Waals surface area contributed by atoms with E-state index < -0.39 is 0 Å². The molecule has 0 saturated heterocycles. The Morgan fingerprint density at radius 1 is 1.26 bits per heavy atom. The van der Waals surface area contributed by atoms with Crippen LogP contribution in [0.4, 0.5) is 10.1 Å². The van der Waals surface area contributed by atoms with Gasteiger partial charge in [0, 0.05) is 23.3 Å². The average Bonchev–Trinajstić information content (AvgIpc) is 2.35. The van der Waals surface area contributed by atoms with Crippen molar-refractivity contribution < 1.29 is 4.39 Å². The van der Waals surface area contributed by atoms with Crippen LogP contribution in [0.1, 0.15) is 44.4 Å². The lowest BCUT2D eigenvalue weighted by Crippen LogP contribution is -2.04. The van der Waals surface area contributed by atoms with Crippen LogP contribution in [0.3, 0.4) is 0 Å². The number of anilines is 1. The van der Waals surface area contributed by atoms with Crippen molar-refractivity contribution in [1.29, 1.82) is 0 Å². The monoisotopic (exact) mass is 260 g/mol. The number of hydrogen-bond acceptors (Lipinski definition) is 2. The summed E-state index contributed by atoms with van der Waals surface area (Å²) in [5.41, 5.74) is 3.30. The minimum atomic E-state index is -0.239. The summed E-state index contributed by atoms with van der Waals surface area (Å²) in [6.45, 7) is 9.05. The van der Waals surface area contributed by atoms with Crippen LogP contribution in [-0.2, 0) is 0 Å². The van der Waals surface area contributed by atoms with Gasteiger partial charge in [-0.15, -0.1) is 0 Å². The van der Waals surface area contributed by atoms with Crippen molar-refractivity contribution in [2.24, 2.45) is 0 Å². The molecule has 3 heteroatoms. The maximum absolute atomic E-state index is 14.1. The van der Waals surface area contributed by atoms with Crippen molar-refractivity contribution in [1.82, 2.24) is 4.98 Å². The van der Waals surface area contributed by atoms with Gasteiger partial charge in [-0.25, -0.2) is 9.37 Å². The molecule has 0 spiro atoms. The number of fused-ring (bicyclic) bond motifs is 1. The minimum Gasteiger partial charge on any atom is -0.384 e. The van der Waals surface area contributed by atoms with Crippen LogP contribution in [0.2, 0.25) is 0 Å². The van der Waals surface area contributed by atoms with Crippen LogP contribution >= 0.6 is 0 Å². The number of hydrogen-bond donors (Lipinski definition) is 1. The Morgan fingerprint density at radius 2 is 2.00 bits per heavy atom. The zero-order valence-electron chi connectivity index (χ0n) is 12.0. The summed E-state index contributed by atoms with van der Waals surface area (Å²) in [7, 11) is 0. The van der Waals surface area contributed by atoms with Crippen molar-refractivity contribution >= 4 is 16.6 Å². The van der Waals surface area contributed by atoms with Crippen molar-refractivity contribution in [3.05, 3.63) is 35.3 Å². The summed E-state index contributed by atoms with van der Waals surface area (Å²) in [4.78, 5) is 4.47. The normalized spacial score (nSPS) is 11.3. The van der Waals surface area contributed by atoms with E-state index in [2.05, 4.69) is 31.1 Å². The van der Waals surface area contributed by atoms with Gasteiger partial charge in [-0.1, -0.05) is 20.8 Å². The molecule has 0 radical (unpaired) electrons. The van der Waals surface area contributed by atoms with Gasteiger partial charge >= 0.3 is 0 Å². The van der Waals surface area contributed by atoms with Gasteiger partial charge in [0.05, 0.1) is 0 Å². The third-order valence-corrected chi connectivity index (χ3v) is 3.19. The number of halogens is 1. The lowest BCUT2D eigenvalue weighted by molar-refractivity contribution is 0.634. The number of aryl methyl sites for hydroxylation is 1. The highest BCUT2D eigenvalue weighted by Crippen LogP contribution is 2.29. The smallest absolute Gasteiger partial charge is 0.149 e. The molecule has 1 aromatic heterocycles. The molecule has 1 aromatic carbocycles. The number of pyridine rings is 1. The first-order chi connectivity index (χ1) is 9.02. The predicted octanol–water partition coefficient (Wildman–Crippen LogP) is 4.63. The summed E-state index contributed by atoms with van der Waals surface area (Å²) < 4.78 is 14.1. The molecule has 0 bridgehead atoms. The Kier molecular flexibility index (Phi) is 4.03. The van der Waals surface area contributed by atoms with E-state index in [0.29, 0.717) is 5.52 Å². The molecule has 102 valence electrons. The molecule has 2 rings (SSSR count). The zero-order chi connectivity index (χ0) is 14.0. The van der Waals surface area contributed by atoms with E-state index >= 15 is 0 Å². The van der Waals surface area contributed by atoms with Crippen molar-refractivity contribution in [3.8, 4) is 0 Å². The topological polar surface area (TPSA) is 24.9 Å². The Labute approximate surface area is 114 Å². The van der Waals surface area contributed by atoms with E-state index in [0.717, 1.165) is 35.3 Å². The first-order valence-corrected chi connectivity index (χ1v) is 6.87. The fourth-order valence-electron chi connectivity index (χ4n) is 2.14. The highest BCUT2D eigenvalue weighted by Gasteiger charge is 2.12. The van der Waals surface area contributed by atoms with Gasteiger partial charge in [0.15, 0.2) is 0 Å². The molecule has 0 amide bonds. The maximum atomic E-state index is 14.1. The molecular formula is C16H21FN2. The lowest BCUT2D eigenvalue weighted by Gasteiger charge is -2.14. The van der Waals surface area contributed by atoms with Gasteiger partial charge in [-0.3, -0.25) is 0 Å². The van der Waals surface area contributed by atoms with Gasteiger partial charge in [0.2, 0.25) is 0 Å². The van der Waals surface area contributed by atoms with Crippen molar-refractivity contribution in [2.45, 2.75) is 40.0 Å². The molecule has 0 atom stereocenters. The number of nitrogens with one attached hydrogen (secondary N) is 1. The van der Waals surface area contributed by atoms with E-state index in [1.807, 2.05) is 19.1 Å².